The van der Waals surface area contributed by atoms with E-state index in [1.165, 1.54) is 0 Å². The number of hydrogen-bond donors (Lipinski definition) is 1. The molecule has 2 rings (SSSR count). The number of nitrogens with one attached hydrogen (secondary N) is 1. The summed E-state index contributed by atoms with van der Waals surface area (Å²) < 4.78 is 1.98. The van der Waals surface area contributed by atoms with E-state index in [2.05, 4.69) is 12.2 Å². The van der Waals surface area contributed by atoms with Gasteiger partial charge in [0.25, 0.3) is 5.91 Å². The van der Waals surface area contributed by atoms with Crippen LogP contribution in [0.25, 0.3) is 0 Å². The summed E-state index contributed by atoms with van der Waals surface area (Å²) in [5.74, 6) is 0.0467. The smallest absolute Gasteiger partial charge is 0.293 e. The van der Waals surface area contributed by atoms with Gasteiger partial charge >= 0.3 is 0 Å². The molecule has 3 heteroatoms. The molecule has 1 N–H and O–H groups in total. The number of anilines is 1. The van der Waals surface area contributed by atoms with Crippen molar-refractivity contribution in [3.8, 4) is 0 Å². The molecule has 2 aromatic rings. The zero-order valence-corrected chi connectivity index (χ0v) is 13.0. The second-order valence-corrected chi connectivity index (χ2v) is 5.38. The maximum Gasteiger partial charge on any atom is 0.293 e. The number of benzene rings is 1. The second kappa shape index (κ2) is 7.02. The van der Waals surface area contributed by atoms with E-state index >= 15 is 0 Å². The first-order chi connectivity index (χ1) is 10.1. The Morgan fingerprint density at radius 3 is 2.29 bits per heavy atom. The molecule has 0 saturated carbocycles. The lowest BCUT2D eigenvalue weighted by Gasteiger charge is -2.15. The van der Waals surface area contributed by atoms with E-state index in [9.17, 15) is 4.79 Å². The van der Waals surface area contributed by atoms with Crippen LogP contribution in [0.1, 0.15) is 36.9 Å². The zero-order chi connectivity index (χ0) is 15.2. The van der Waals surface area contributed by atoms with Crippen LogP contribution in [0.2, 0.25) is 0 Å². The van der Waals surface area contributed by atoms with Crippen LogP contribution >= 0.6 is 0 Å². The van der Waals surface area contributed by atoms with Crippen molar-refractivity contribution in [2.45, 2.75) is 39.7 Å². The first-order valence-corrected chi connectivity index (χ1v) is 7.46. The lowest BCUT2D eigenvalue weighted by Crippen LogP contribution is -2.45. The minimum absolute atomic E-state index is 0.0467. The van der Waals surface area contributed by atoms with Crippen molar-refractivity contribution in [3.63, 3.8) is 0 Å². The molecular weight excluding hydrogens is 260 g/mol. The summed E-state index contributed by atoms with van der Waals surface area (Å²) in [6.07, 6.45) is 5.69. The fourth-order valence-electron chi connectivity index (χ4n) is 2.53. The number of nitrogens with zero attached hydrogens (tertiary/aromatic N) is 1. The lowest BCUT2D eigenvalue weighted by atomic mass is 10.1. The highest BCUT2D eigenvalue weighted by molar-refractivity contribution is 5.94. The monoisotopic (exact) mass is 283 g/mol. The lowest BCUT2D eigenvalue weighted by molar-refractivity contribution is -0.709. The van der Waals surface area contributed by atoms with Gasteiger partial charge in [-0.1, -0.05) is 31.2 Å². The average molecular weight is 283 g/mol. The summed E-state index contributed by atoms with van der Waals surface area (Å²) in [5.41, 5.74) is 3.12. The van der Waals surface area contributed by atoms with Crippen LogP contribution in [0, 0.1) is 13.8 Å². The predicted octanol–water partition coefficient (Wildman–Crippen LogP) is 3.57. The van der Waals surface area contributed by atoms with E-state index in [4.69, 9.17) is 0 Å². The summed E-state index contributed by atoms with van der Waals surface area (Å²) in [6, 6.07) is 11.7. The number of amides is 1. The van der Waals surface area contributed by atoms with Crippen LogP contribution in [-0.2, 0) is 4.79 Å². The fraction of sp³-hybridized carbons (Fsp3) is 0.333. The topological polar surface area (TPSA) is 33.0 Å². The third kappa shape index (κ3) is 3.69. The van der Waals surface area contributed by atoms with Gasteiger partial charge in [-0.05, 0) is 31.4 Å². The van der Waals surface area contributed by atoms with E-state index in [1.807, 2.05) is 67.2 Å². The van der Waals surface area contributed by atoms with Gasteiger partial charge in [0.2, 0.25) is 6.04 Å². The molecule has 1 aromatic carbocycles. The Bertz CT molecular complexity index is 588. The van der Waals surface area contributed by atoms with Crippen LogP contribution in [0.4, 0.5) is 5.69 Å². The molecule has 0 aliphatic carbocycles. The summed E-state index contributed by atoms with van der Waals surface area (Å²) in [6.45, 7) is 6.14. The van der Waals surface area contributed by atoms with Crippen LogP contribution in [-0.4, -0.2) is 5.91 Å². The third-order valence-corrected chi connectivity index (χ3v) is 3.69. The Hall–Kier alpha value is -2.16. The molecule has 0 aliphatic heterocycles. The van der Waals surface area contributed by atoms with Gasteiger partial charge in [-0.3, -0.25) is 4.79 Å². The van der Waals surface area contributed by atoms with Crippen molar-refractivity contribution < 1.29 is 9.36 Å². The SMILES string of the molecule is CCCC(C(=O)Nc1c(C)cccc1C)[n+]1ccccc1. The predicted molar refractivity (Wildman–Crippen MR) is 85.1 cm³/mol. The second-order valence-electron chi connectivity index (χ2n) is 5.38. The number of aromatic nitrogens is 1. The Balaban J connectivity index is 2.24. The largest absolute Gasteiger partial charge is 0.320 e. The number of rotatable bonds is 5. The van der Waals surface area contributed by atoms with E-state index < -0.39 is 0 Å². The summed E-state index contributed by atoms with van der Waals surface area (Å²) in [4.78, 5) is 12.7. The third-order valence-electron chi connectivity index (χ3n) is 3.69. The number of carbonyl (C=O) groups is 1. The quantitative estimate of drug-likeness (QED) is 0.836. The minimum Gasteiger partial charge on any atom is -0.320 e. The molecule has 0 saturated heterocycles. The first-order valence-electron chi connectivity index (χ1n) is 7.46. The molecule has 110 valence electrons. The number of para-hydroxylation sites is 1. The Labute approximate surface area is 126 Å². The zero-order valence-electron chi connectivity index (χ0n) is 13.0. The van der Waals surface area contributed by atoms with Gasteiger partial charge in [0.15, 0.2) is 12.4 Å². The van der Waals surface area contributed by atoms with Crippen molar-refractivity contribution >= 4 is 11.6 Å². The molecule has 1 amide bonds. The van der Waals surface area contributed by atoms with Gasteiger partial charge in [-0.2, -0.15) is 4.57 Å². The highest BCUT2D eigenvalue weighted by Gasteiger charge is 2.26. The van der Waals surface area contributed by atoms with Crippen molar-refractivity contribution in [1.29, 1.82) is 0 Å². The number of hydrogen-bond acceptors (Lipinski definition) is 1. The normalized spacial score (nSPS) is 12.0. The molecule has 1 heterocycles. The number of carbonyl (C=O) groups excluding carboxylic acids is 1. The van der Waals surface area contributed by atoms with Gasteiger partial charge in [0, 0.05) is 24.2 Å². The van der Waals surface area contributed by atoms with Crippen molar-refractivity contribution in [3.05, 3.63) is 59.9 Å². The maximum absolute atomic E-state index is 12.7. The van der Waals surface area contributed by atoms with Crippen molar-refractivity contribution in [2.24, 2.45) is 0 Å². The number of aryl methyl sites for hydroxylation is 2. The van der Waals surface area contributed by atoms with E-state index in [-0.39, 0.29) is 11.9 Å². The molecule has 0 bridgehead atoms. The van der Waals surface area contributed by atoms with E-state index in [0.29, 0.717) is 0 Å². The molecule has 1 aromatic heterocycles. The van der Waals surface area contributed by atoms with Gasteiger partial charge in [-0.15, -0.1) is 0 Å². The molecule has 0 spiro atoms. The van der Waals surface area contributed by atoms with Crippen LogP contribution in [0.15, 0.2) is 48.8 Å². The van der Waals surface area contributed by atoms with Gasteiger partial charge in [0.1, 0.15) is 0 Å². The highest BCUT2D eigenvalue weighted by Crippen LogP contribution is 2.21. The van der Waals surface area contributed by atoms with Crippen LogP contribution in [0.5, 0.6) is 0 Å². The Morgan fingerprint density at radius 1 is 1.10 bits per heavy atom. The molecule has 21 heavy (non-hydrogen) atoms. The fourth-order valence-corrected chi connectivity index (χ4v) is 2.53. The van der Waals surface area contributed by atoms with E-state index in [0.717, 1.165) is 29.7 Å². The van der Waals surface area contributed by atoms with Crippen LogP contribution < -0.4 is 9.88 Å². The Kier molecular flexibility index (Phi) is 5.09. The maximum atomic E-state index is 12.7. The molecule has 1 unspecified atom stereocenters. The summed E-state index contributed by atoms with van der Waals surface area (Å²) in [5, 5.41) is 3.10. The summed E-state index contributed by atoms with van der Waals surface area (Å²) >= 11 is 0. The standard InChI is InChI=1S/C18H22N2O/c1-4-9-16(20-12-6-5-7-13-20)18(21)19-17-14(2)10-8-11-15(17)3/h5-8,10-13,16H,4,9H2,1-3H3/p+1. The van der Waals surface area contributed by atoms with Gasteiger partial charge in [-0.25, -0.2) is 0 Å². The van der Waals surface area contributed by atoms with Gasteiger partial charge < -0.3 is 5.32 Å². The highest BCUT2D eigenvalue weighted by atomic mass is 16.2. The number of pyridine rings is 1. The van der Waals surface area contributed by atoms with Crippen molar-refractivity contribution in [2.75, 3.05) is 5.32 Å². The van der Waals surface area contributed by atoms with Gasteiger partial charge in [0.05, 0.1) is 0 Å². The molecule has 0 radical (unpaired) electrons. The molecule has 1 atom stereocenters. The average Bonchev–Trinajstić information content (AvgIpc) is 2.49. The van der Waals surface area contributed by atoms with Crippen molar-refractivity contribution in [1.82, 2.24) is 0 Å². The first kappa shape index (κ1) is 15.2. The molecule has 0 aliphatic rings. The summed E-state index contributed by atoms with van der Waals surface area (Å²) in [7, 11) is 0. The molecular formula is C18H23N2O+. The van der Waals surface area contributed by atoms with Crippen LogP contribution in [0.3, 0.4) is 0 Å². The molecule has 0 fully saturated rings. The minimum atomic E-state index is -0.171. The Morgan fingerprint density at radius 2 is 1.71 bits per heavy atom. The van der Waals surface area contributed by atoms with E-state index in [1.54, 1.807) is 0 Å². The molecule has 3 nitrogen and oxygen atoms in total.